The van der Waals surface area contributed by atoms with Crippen LogP contribution in [0, 0.1) is 0 Å². The van der Waals surface area contributed by atoms with E-state index in [0.717, 1.165) is 36.1 Å². The van der Waals surface area contributed by atoms with Gasteiger partial charge in [-0.25, -0.2) is 0 Å². The zero-order valence-corrected chi connectivity index (χ0v) is 16.7. The molecule has 1 amide bonds. The van der Waals surface area contributed by atoms with Gasteiger partial charge in [-0.3, -0.25) is 4.79 Å². The molecule has 3 aromatic rings. The van der Waals surface area contributed by atoms with Crippen LogP contribution in [0.1, 0.15) is 49.6 Å². The van der Waals surface area contributed by atoms with Gasteiger partial charge < -0.3 is 14.2 Å². The van der Waals surface area contributed by atoms with Gasteiger partial charge in [-0.2, -0.15) is 4.98 Å². The summed E-state index contributed by atoms with van der Waals surface area (Å²) in [6.07, 6.45) is 2.51. The van der Waals surface area contributed by atoms with Crippen LogP contribution in [-0.4, -0.2) is 34.6 Å². The van der Waals surface area contributed by atoms with Gasteiger partial charge >= 0.3 is 0 Å². The van der Waals surface area contributed by atoms with E-state index in [1.165, 1.54) is 0 Å². The first-order valence-corrected chi connectivity index (χ1v) is 10.0. The fourth-order valence-corrected chi connectivity index (χ4v) is 3.98. The van der Waals surface area contributed by atoms with Gasteiger partial charge in [0.05, 0.1) is 13.0 Å². The number of hydrogen-bond acceptors (Lipinski definition) is 5. The summed E-state index contributed by atoms with van der Waals surface area (Å²) in [6, 6.07) is 17.3. The van der Waals surface area contributed by atoms with Crippen molar-refractivity contribution < 1.29 is 14.1 Å². The normalized spacial score (nSPS) is 17.3. The van der Waals surface area contributed by atoms with Gasteiger partial charge in [0.25, 0.3) is 0 Å². The predicted molar refractivity (Wildman–Crippen MR) is 109 cm³/mol. The largest absolute Gasteiger partial charge is 0.497 e. The molecule has 1 aliphatic rings. The third-order valence-electron chi connectivity index (χ3n) is 5.50. The maximum atomic E-state index is 13.3. The van der Waals surface area contributed by atoms with Crippen molar-refractivity contribution in [2.24, 2.45) is 0 Å². The molecule has 150 valence electrons. The number of methoxy groups -OCH3 is 1. The zero-order chi connectivity index (χ0) is 20.2. The van der Waals surface area contributed by atoms with Crippen LogP contribution in [0.3, 0.4) is 0 Å². The van der Waals surface area contributed by atoms with Crippen LogP contribution in [0.2, 0.25) is 0 Å². The lowest BCUT2D eigenvalue weighted by molar-refractivity contribution is -0.134. The molecule has 0 aliphatic carbocycles. The average molecular weight is 391 g/mol. The van der Waals surface area contributed by atoms with Gasteiger partial charge in [0.1, 0.15) is 11.8 Å². The van der Waals surface area contributed by atoms with E-state index < -0.39 is 0 Å². The summed E-state index contributed by atoms with van der Waals surface area (Å²) < 4.78 is 10.9. The molecule has 6 nitrogen and oxygen atoms in total. The van der Waals surface area contributed by atoms with Crippen molar-refractivity contribution in [2.75, 3.05) is 13.7 Å². The summed E-state index contributed by atoms with van der Waals surface area (Å²) in [5.74, 6) is 1.71. The van der Waals surface area contributed by atoms with E-state index in [1.807, 2.05) is 66.4 Å². The third kappa shape index (κ3) is 3.88. The second-order valence-corrected chi connectivity index (χ2v) is 7.25. The van der Waals surface area contributed by atoms with Crippen molar-refractivity contribution in [1.29, 1.82) is 0 Å². The van der Waals surface area contributed by atoms with Gasteiger partial charge in [-0.15, -0.1) is 0 Å². The molecule has 0 saturated carbocycles. The molecule has 0 unspecified atom stereocenters. The highest BCUT2D eigenvalue weighted by atomic mass is 16.5. The highest BCUT2D eigenvalue weighted by Gasteiger charge is 2.37. The van der Waals surface area contributed by atoms with Crippen molar-refractivity contribution in [2.45, 2.75) is 38.1 Å². The van der Waals surface area contributed by atoms with Gasteiger partial charge in [0, 0.05) is 12.1 Å². The first-order valence-electron chi connectivity index (χ1n) is 10.0. The molecule has 1 aromatic heterocycles. The quantitative estimate of drug-likeness (QED) is 0.614. The van der Waals surface area contributed by atoms with E-state index in [-0.39, 0.29) is 17.9 Å². The van der Waals surface area contributed by atoms with Crippen molar-refractivity contribution in [1.82, 2.24) is 15.0 Å². The maximum absolute atomic E-state index is 13.3. The highest BCUT2D eigenvalue weighted by molar-refractivity contribution is 5.84. The summed E-state index contributed by atoms with van der Waals surface area (Å²) in [5.41, 5.74) is 1.87. The predicted octanol–water partition coefficient (Wildman–Crippen LogP) is 4.60. The molecule has 2 atom stereocenters. The Balaban J connectivity index is 1.57. The molecule has 0 radical (unpaired) electrons. The Morgan fingerprint density at radius 1 is 1.24 bits per heavy atom. The molecule has 1 fully saturated rings. The number of rotatable bonds is 6. The van der Waals surface area contributed by atoms with Crippen molar-refractivity contribution in [3.8, 4) is 17.1 Å². The number of aromatic nitrogens is 2. The molecule has 2 heterocycles. The molecule has 0 bridgehead atoms. The van der Waals surface area contributed by atoms with E-state index in [4.69, 9.17) is 9.26 Å². The zero-order valence-electron chi connectivity index (χ0n) is 16.7. The summed E-state index contributed by atoms with van der Waals surface area (Å²) in [4.78, 5) is 19.8. The van der Waals surface area contributed by atoms with Gasteiger partial charge in [-0.1, -0.05) is 54.5 Å². The number of amides is 1. The van der Waals surface area contributed by atoms with Crippen molar-refractivity contribution in [3.05, 3.63) is 66.1 Å². The molecule has 0 spiro atoms. The van der Waals surface area contributed by atoms with Crippen LogP contribution in [0.5, 0.6) is 5.75 Å². The summed E-state index contributed by atoms with van der Waals surface area (Å²) >= 11 is 0. The summed E-state index contributed by atoms with van der Waals surface area (Å²) in [5, 5.41) is 4.14. The number of carbonyl (C=O) groups excluding carboxylic acids is 1. The number of ether oxygens (including phenoxy) is 1. The molecule has 1 aliphatic heterocycles. The second kappa shape index (κ2) is 8.47. The fourth-order valence-electron chi connectivity index (χ4n) is 3.98. The molecule has 1 saturated heterocycles. The highest BCUT2D eigenvalue weighted by Crippen LogP contribution is 2.35. The van der Waals surface area contributed by atoms with E-state index >= 15 is 0 Å². The Bertz CT molecular complexity index is 970. The Labute approximate surface area is 170 Å². The number of benzene rings is 2. The molecule has 6 heteroatoms. The lowest BCUT2D eigenvalue weighted by Crippen LogP contribution is -2.34. The molecular weight excluding hydrogens is 366 g/mol. The van der Waals surface area contributed by atoms with Gasteiger partial charge in [0.15, 0.2) is 0 Å². The standard InChI is InChI=1S/C23H25N3O3/c1-3-19(16-9-5-4-6-10-16)23(27)26-14-8-13-20(26)22-24-21(25-29-22)17-11-7-12-18(15-17)28-2/h4-7,9-12,15,19-20H,3,8,13-14H2,1-2H3/t19-,20-/m1/s1. The molecule has 29 heavy (non-hydrogen) atoms. The fraction of sp³-hybridized carbons (Fsp3) is 0.348. The van der Waals surface area contributed by atoms with Gasteiger partial charge in [0.2, 0.25) is 17.6 Å². The Morgan fingerprint density at radius 3 is 2.83 bits per heavy atom. The van der Waals surface area contributed by atoms with Gasteiger partial charge in [-0.05, 0) is 37.0 Å². The Hall–Kier alpha value is -3.15. The lowest BCUT2D eigenvalue weighted by Gasteiger charge is -2.26. The topological polar surface area (TPSA) is 68.5 Å². The minimum atomic E-state index is -0.174. The maximum Gasteiger partial charge on any atom is 0.249 e. The molecular formula is C23H25N3O3. The number of nitrogens with zero attached hydrogens (tertiary/aromatic N) is 3. The average Bonchev–Trinajstić information content (AvgIpc) is 3.44. The number of carbonyl (C=O) groups is 1. The number of hydrogen-bond donors (Lipinski definition) is 0. The SMILES string of the molecule is CC[C@@H](C(=O)N1CCC[C@@H]1c1nc(-c2cccc(OC)c2)no1)c1ccccc1. The van der Waals surface area contributed by atoms with Crippen LogP contribution in [-0.2, 0) is 4.79 Å². The second-order valence-electron chi connectivity index (χ2n) is 7.25. The van der Waals surface area contributed by atoms with E-state index in [9.17, 15) is 4.79 Å². The Kier molecular flexibility index (Phi) is 5.60. The van der Waals surface area contributed by atoms with E-state index in [1.54, 1.807) is 7.11 Å². The van der Waals surface area contributed by atoms with Crippen molar-refractivity contribution in [3.63, 3.8) is 0 Å². The Morgan fingerprint density at radius 2 is 2.07 bits per heavy atom. The van der Waals surface area contributed by atoms with E-state index in [0.29, 0.717) is 18.3 Å². The third-order valence-corrected chi connectivity index (χ3v) is 5.50. The summed E-state index contributed by atoms with van der Waals surface area (Å²) in [6.45, 7) is 2.76. The van der Waals surface area contributed by atoms with Crippen molar-refractivity contribution >= 4 is 5.91 Å². The molecule has 4 rings (SSSR count). The first kappa shape index (κ1) is 19.2. The molecule has 0 N–H and O–H groups in total. The van der Waals surface area contributed by atoms with Crippen LogP contribution in [0.15, 0.2) is 59.1 Å². The molecule has 2 aromatic carbocycles. The van der Waals surface area contributed by atoms with Crippen LogP contribution in [0.4, 0.5) is 0 Å². The first-order chi connectivity index (χ1) is 14.2. The minimum Gasteiger partial charge on any atom is -0.497 e. The monoisotopic (exact) mass is 391 g/mol. The minimum absolute atomic E-state index is 0.127. The van der Waals surface area contributed by atoms with Crippen LogP contribution >= 0.6 is 0 Å². The van der Waals surface area contributed by atoms with Crippen LogP contribution in [0.25, 0.3) is 11.4 Å². The number of likely N-dealkylation sites (tertiary alicyclic amines) is 1. The lowest BCUT2D eigenvalue weighted by atomic mass is 9.94. The van der Waals surface area contributed by atoms with E-state index in [2.05, 4.69) is 10.1 Å². The van der Waals surface area contributed by atoms with Crippen LogP contribution < -0.4 is 4.74 Å². The smallest absolute Gasteiger partial charge is 0.249 e. The summed E-state index contributed by atoms with van der Waals surface area (Å²) in [7, 11) is 1.62.